The molecule has 2 atom stereocenters. The van der Waals surface area contributed by atoms with Crippen molar-refractivity contribution >= 4 is 27.7 Å². The molecular formula is C15H24BrNO2. The van der Waals surface area contributed by atoms with Crippen molar-refractivity contribution in [2.45, 2.75) is 52.4 Å². The van der Waals surface area contributed by atoms with Crippen LogP contribution in [0.4, 0.5) is 0 Å². The van der Waals surface area contributed by atoms with E-state index in [1.165, 1.54) is 25.7 Å². The van der Waals surface area contributed by atoms with Gasteiger partial charge in [0.05, 0.1) is 0 Å². The minimum Gasteiger partial charge on any atom is -0.282 e. The van der Waals surface area contributed by atoms with Gasteiger partial charge in [-0.05, 0) is 18.3 Å². The number of imide groups is 1. The molecule has 1 aliphatic heterocycles. The highest BCUT2D eigenvalue weighted by Crippen LogP contribution is 2.39. The third-order valence-corrected chi connectivity index (χ3v) is 6.19. The van der Waals surface area contributed by atoms with Crippen LogP contribution in [0.15, 0.2) is 0 Å². The average molecular weight is 330 g/mol. The van der Waals surface area contributed by atoms with Crippen molar-refractivity contribution in [3.05, 3.63) is 0 Å². The number of alkyl halides is 1. The number of rotatable bonds is 3. The van der Waals surface area contributed by atoms with Gasteiger partial charge in [-0.1, -0.05) is 55.5 Å². The Bertz CT molecular complexity index is 341. The lowest BCUT2D eigenvalue weighted by molar-refractivity contribution is -0.141. The van der Waals surface area contributed by atoms with E-state index in [2.05, 4.69) is 15.9 Å². The van der Waals surface area contributed by atoms with Crippen molar-refractivity contribution in [2.75, 3.05) is 11.9 Å². The molecule has 0 aromatic heterocycles. The monoisotopic (exact) mass is 329 g/mol. The van der Waals surface area contributed by atoms with Crippen LogP contribution in [-0.4, -0.2) is 28.6 Å². The zero-order valence-electron chi connectivity index (χ0n) is 12.0. The SMILES string of the molecule is CC1C(=O)N(CC2(CBr)CCCCCC2)C(=O)C1C. The molecule has 0 aromatic rings. The summed E-state index contributed by atoms with van der Waals surface area (Å²) >= 11 is 3.63. The highest BCUT2D eigenvalue weighted by atomic mass is 79.9. The molecule has 2 unspecified atom stereocenters. The standard InChI is InChI=1S/C15H24BrNO2/c1-11-12(2)14(19)17(13(11)18)10-15(9-16)7-5-3-4-6-8-15/h11-12H,3-10H2,1-2H3. The quantitative estimate of drug-likeness (QED) is 0.452. The first-order valence-corrected chi connectivity index (χ1v) is 8.54. The Morgan fingerprint density at radius 2 is 1.53 bits per heavy atom. The molecule has 3 nitrogen and oxygen atoms in total. The maximum absolute atomic E-state index is 12.2. The van der Waals surface area contributed by atoms with Crippen LogP contribution in [0, 0.1) is 17.3 Å². The molecule has 1 heterocycles. The van der Waals surface area contributed by atoms with Crippen LogP contribution in [0.1, 0.15) is 52.4 Å². The van der Waals surface area contributed by atoms with Gasteiger partial charge in [0, 0.05) is 23.7 Å². The number of carbonyl (C=O) groups is 2. The zero-order chi connectivity index (χ0) is 14.0. The van der Waals surface area contributed by atoms with Crippen LogP contribution >= 0.6 is 15.9 Å². The Kier molecular flexibility index (Phi) is 4.70. The van der Waals surface area contributed by atoms with E-state index in [1.54, 1.807) is 4.90 Å². The van der Waals surface area contributed by atoms with E-state index in [4.69, 9.17) is 0 Å². The van der Waals surface area contributed by atoms with E-state index < -0.39 is 0 Å². The molecule has 0 N–H and O–H groups in total. The van der Waals surface area contributed by atoms with Crippen LogP contribution < -0.4 is 0 Å². The van der Waals surface area contributed by atoms with Crippen LogP contribution in [0.3, 0.4) is 0 Å². The molecule has 2 aliphatic rings. The molecule has 0 bridgehead atoms. The minimum atomic E-state index is -0.148. The number of likely N-dealkylation sites (tertiary alicyclic amines) is 1. The van der Waals surface area contributed by atoms with E-state index in [0.29, 0.717) is 6.54 Å². The molecule has 19 heavy (non-hydrogen) atoms. The van der Waals surface area contributed by atoms with Gasteiger partial charge < -0.3 is 0 Å². The maximum atomic E-state index is 12.2. The van der Waals surface area contributed by atoms with Gasteiger partial charge in [-0.15, -0.1) is 0 Å². The van der Waals surface area contributed by atoms with Crippen LogP contribution in [-0.2, 0) is 9.59 Å². The summed E-state index contributed by atoms with van der Waals surface area (Å²) in [5.74, 6) is -0.236. The fourth-order valence-corrected chi connectivity index (χ4v) is 4.07. The van der Waals surface area contributed by atoms with Gasteiger partial charge >= 0.3 is 0 Å². The van der Waals surface area contributed by atoms with E-state index in [0.717, 1.165) is 18.2 Å². The molecule has 2 rings (SSSR count). The summed E-state index contributed by atoms with van der Waals surface area (Å²) in [6.45, 7) is 4.36. The van der Waals surface area contributed by atoms with Crippen LogP contribution in [0.25, 0.3) is 0 Å². The number of hydrogen-bond donors (Lipinski definition) is 0. The van der Waals surface area contributed by atoms with Crippen LogP contribution in [0.2, 0.25) is 0 Å². The maximum Gasteiger partial charge on any atom is 0.232 e. The molecule has 0 radical (unpaired) electrons. The molecule has 4 heteroatoms. The molecule has 1 saturated heterocycles. The third-order valence-electron chi connectivity index (χ3n) is 5.00. The van der Waals surface area contributed by atoms with Gasteiger partial charge in [-0.3, -0.25) is 14.5 Å². The topological polar surface area (TPSA) is 37.4 Å². The first-order chi connectivity index (χ1) is 9.01. The second-order valence-corrected chi connectivity index (χ2v) is 6.95. The number of amides is 2. The number of halogens is 1. The molecule has 1 saturated carbocycles. The highest BCUT2D eigenvalue weighted by molar-refractivity contribution is 9.09. The van der Waals surface area contributed by atoms with Gasteiger partial charge in [0.15, 0.2) is 0 Å². The summed E-state index contributed by atoms with van der Waals surface area (Å²) in [7, 11) is 0. The molecule has 0 spiro atoms. The van der Waals surface area contributed by atoms with E-state index in [9.17, 15) is 9.59 Å². The second-order valence-electron chi connectivity index (χ2n) is 6.39. The first kappa shape index (κ1) is 15.0. The van der Waals surface area contributed by atoms with Crippen molar-refractivity contribution < 1.29 is 9.59 Å². The molecule has 0 aromatic carbocycles. The zero-order valence-corrected chi connectivity index (χ0v) is 13.5. The summed E-state index contributed by atoms with van der Waals surface area (Å²) in [5, 5.41) is 0.889. The van der Waals surface area contributed by atoms with Crippen LogP contribution in [0.5, 0.6) is 0 Å². The Hall–Kier alpha value is -0.380. The van der Waals surface area contributed by atoms with Crippen molar-refractivity contribution in [1.82, 2.24) is 4.90 Å². The molecule has 2 amide bonds. The number of nitrogens with zero attached hydrogens (tertiary/aromatic N) is 1. The Balaban J connectivity index is 2.13. The largest absolute Gasteiger partial charge is 0.282 e. The molecule has 2 fully saturated rings. The lowest BCUT2D eigenvalue weighted by Crippen LogP contribution is -2.42. The molecular weight excluding hydrogens is 306 g/mol. The molecule has 1 aliphatic carbocycles. The fourth-order valence-electron chi connectivity index (χ4n) is 3.33. The lowest BCUT2D eigenvalue weighted by Gasteiger charge is -2.34. The van der Waals surface area contributed by atoms with Gasteiger partial charge in [-0.2, -0.15) is 0 Å². The fraction of sp³-hybridized carbons (Fsp3) is 0.867. The summed E-state index contributed by atoms with van der Waals surface area (Å²) < 4.78 is 0. The van der Waals surface area contributed by atoms with Crippen molar-refractivity contribution in [3.63, 3.8) is 0 Å². The molecule has 108 valence electrons. The Morgan fingerprint density at radius 1 is 1.05 bits per heavy atom. The normalized spacial score (nSPS) is 31.6. The summed E-state index contributed by atoms with van der Waals surface area (Å²) in [6.07, 6.45) is 7.24. The van der Waals surface area contributed by atoms with E-state index in [-0.39, 0.29) is 29.1 Å². The van der Waals surface area contributed by atoms with Crippen molar-refractivity contribution in [1.29, 1.82) is 0 Å². The van der Waals surface area contributed by atoms with Crippen molar-refractivity contribution in [3.8, 4) is 0 Å². The van der Waals surface area contributed by atoms with E-state index >= 15 is 0 Å². The predicted octanol–water partition coefficient (Wildman–Crippen LogP) is 3.36. The van der Waals surface area contributed by atoms with Gasteiger partial charge in [0.2, 0.25) is 11.8 Å². The minimum absolute atomic E-state index is 0.0297. The number of hydrogen-bond acceptors (Lipinski definition) is 2. The van der Waals surface area contributed by atoms with E-state index in [1.807, 2.05) is 13.8 Å². The number of carbonyl (C=O) groups excluding carboxylic acids is 2. The third kappa shape index (κ3) is 2.88. The van der Waals surface area contributed by atoms with Gasteiger partial charge in [0.1, 0.15) is 0 Å². The predicted molar refractivity (Wildman–Crippen MR) is 79.0 cm³/mol. The smallest absolute Gasteiger partial charge is 0.232 e. The van der Waals surface area contributed by atoms with Gasteiger partial charge in [0.25, 0.3) is 0 Å². The van der Waals surface area contributed by atoms with Gasteiger partial charge in [-0.25, -0.2) is 0 Å². The average Bonchev–Trinajstić information content (AvgIpc) is 2.63. The first-order valence-electron chi connectivity index (χ1n) is 7.42. The summed E-state index contributed by atoms with van der Waals surface area (Å²) in [5.41, 5.74) is 0.103. The summed E-state index contributed by atoms with van der Waals surface area (Å²) in [6, 6.07) is 0. The highest BCUT2D eigenvalue weighted by Gasteiger charge is 2.45. The lowest BCUT2D eigenvalue weighted by atomic mass is 9.82. The second kappa shape index (κ2) is 5.94. The van der Waals surface area contributed by atoms with Crippen molar-refractivity contribution in [2.24, 2.45) is 17.3 Å². The summed E-state index contributed by atoms with van der Waals surface area (Å²) in [4.78, 5) is 26.0. The Labute approximate surface area is 124 Å². The Morgan fingerprint density at radius 3 is 1.95 bits per heavy atom.